The summed E-state index contributed by atoms with van der Waals surface area (Å²) >= 11 is 0. The molecule has 4 aliphatic heterocycles. The van der Waals surface area contributed by atoms with Crippen molar-refractivity contribution in [2.45, 2.75) is 229 Å². The maximum Gasteiger partial charge on any atom is 0.187 e. The van der Waals surface area contributed by atoms with Crippen LogP contribution >= 0.6 is 0 Å². The van der Waals surface area contributed by atoms with E-state index < -0.39 is 160 Å². The second-order valence-electron chi connectivity index (χ2n) is 25.5. The van der Waals surface area contributed by atoms with Gasteiger partial charge in [0.25, 0.3) is 0 Å². The van der Waals surface area contributed by atoms with E-state index in [1.807, 2.05) is 0 Å². The monoisotopic (exact) mass is 1050 g/mol. The summed E-state index contributed by atoms with van der Waals surface area (Å²) in [7, 11) is 0. The van der Waals surface area contributed by atoms with E-state index in [-0.39, 0.29) is 46.0 Å². The highest BCUT2D eigenvalue weighted by molar-refractivity contribution is 5.35. The Morgan fingerprint density at radius 3 is 1.85 bits per heavy atom. The van der Waals surface area contributed by atoms with Gasteiger partial charge in [-0.1, -0.05) is 60.1 Å². The van der Waals surface area contributed by atoms with Gasteiger partial charge in [0.15, 0.2) is 25.2 Å². The highest BCUT2D eigenvalue weighted by Gasteiger charge is 2.70. The number of rotatable bonds is 11. The zero-order valence-corrected chi connectivity index (χ0v) is 43.3. The van der Waals surface area contributed by atoms with Crippen LogP contribution in [0.5, 0.6) is 0 Å². The van der Waals surface area contributed by atoms with Gasteiger partial charge in [-0.05, 0) is 103 Å². The summed E-state index contributed by atoms with van der Waals surface area (Å²) in [5.74, 6) is 0.488. The lowest BCUT2D eigenvalue weighted by atomic mass is 9.33. The first-order valence-electron chi connectivity index (χ1n) is 26.7. The molecule has 0 amide bonds. The van der Waals surface area contributed by atoms with Crippen LogP contribution in [-0.2, 0) is 37.9 Å². The van der Waals surface area contributed by atoms with Crippen molar-refractivity contribution in [2.24, 2.45) is 50.2 Å². The number of allylic oxidation sites excluding steroid dienone is 2. The van der Waals surface area contributed by atoms with Crippen molar-refractivity contribution in [1.82, 2.24) is 0 Å². The van der Waals surface area contributed by atoms with Crippen molar-refractivity contribution in [1.29, 1.82) is 0 Å². The summed E-state index contributed by atoms with van der Waals surface area (Å²) in [4.78, 5) is 0. The molecule has 0 spiro atoms. The highest BCUT2D eigenvalue weighted by atomic mass is 16.8. The Morgan fingerprint density at radius 1 is 0.562 bits per heavy atom. The number of hydrogen-bond donors (Lipinski definition) is 13. The maximum absolute atomic E-state index is 12.3. The van der Waals surface area contributed by atoms with E-state index in [0.717, 1.165) is 44.9 Å². The summed E-state index contributed by atoms with van der Waals surface area (Å²) in [5, 5.41) is 141. The molecule has 73 heavy (non-hydrogen) atoms. The Labute approximate surface area is 427 Å². The van der Waals surface area contributed by atoms with Crippen LogP contribution in [0, 0.1) is 50.2 Å². The van der Waals surface area contributed by atoms with Gasteiger partial charge >= 0.3 is 0 Å². The third-order valence-corrected chi connectivity index (χ3v) is 20.8. The third-order valence-electron chi connectivity index (χ3n) is 20.8. The number of aliphatic hydroxyl groups is 13. The average molecular weight is 1050 g/mol. The molecule has 420 valence electrons. The fraction of sp³-hybridized carbons (Fsp3) is 0.962. The van der Waals surface area contributed by atoms with E-state index in [2.05, 4.69) is 54.5 Å². The fourth-order valence-electron chi connectivity index (χ4n) is 16.1. The molecule has 0 aromatic heterocycles. The number of ether oxygens (including phenoxy) is 8. The van der Waals surface area contributed by atoms with Gasteiger partial charge in [0.2, 0.25) is 0 Å². The van der Waals surface area contributed by atoms with Crippen LogP contribution in [0.2, 0.25) is 0 Å². The number of fused-ring (bicyclic) bond motifs is 7. The lowest BCUT2D eigenvalue weighted by Crippen LogP contribution is -2.67. The zero-order valence-electron chi connectivity index (χ0n) is 43.3. The summed E-state index contributed by atoms with van der Waals surface area (Å²) in [6, 6.07) is 0. The normalized spacial score (nSPS) is 54.8. The predicted octanol–water partition coefficient (Wildman–Crippen LogP) is -1.31. The lowest BCUT2D eigenvalue weighted by Gasteiger charge is -2.72. The first-order chi connectivity index (χ1) is 34.2. The largest absolute Gasteiger partial charge is 0.396 e. The Hall–Kier alpha value is -1.10. The van der Waals surface area contributed by atoms with E-state index in [1.54, 1.807) is 0 Å². The van der Waals surface area contributed by atoms with Gasteiger partial charge in [0.05, 0.1) is 45.2 Å². The lowest BCUT2D eigenvalue weighted by molar-refractivity contribution is -0.392. The Bertz CT molecular complexity index is 1960. The SMILES string of the molecule is CC1(C)CCC2(CO)C(O)CC3(C)C(=CCC4C5(C)CCC(OC6OCC(OC7OC(CO)C(O)C(O)C7OC7OCC(O)C(O)C7O)C(O)C6OC6OC(CO)C(O)C(O)C6O)C(C)(C)C5CCC43C)C2C1. The van der Waals surface area contributed by atoms with E-state index in [0.29, 0.717) is 12.8 Å². The third kappa shape index (κ3) is 9.24. The van der Waals surface area contributed by atoms with E-state index >= 15 is 0 Å². The van der Waals surface area contributed by atoms with Crippen molar-refractivity contribution in [2.75, 3.05) is 33.0 Å². The van der Waals surface area contributed by atoms with Crippen LogP contribution in [0.1, 0.15) is 106 Å². The van der Waals surface area contributed by atoms with Crippen LogP contribution in [0.4, 0.5) is 0 Å². The molecule has 4 saturated heterocycles. The molecule has 4 heterocycles. The molecule has 27 unspecified atom stereocenters. The van der Waals surface area contributed by atoms with Gasteiger partial charge in [0, 0.05) is 5.41 Å². The molecule has 21 heteroatoms. The van der Waals surface area contributed by atoms with Crippen LogP contribution < -0.4 is 0 Å². The molecule has 27 atom stereocenters. The summed E-state index contributed by atoms with van der Waals surface area (Å²) in [6.45, 7) is 13.7. The van der Waals surface area contributed by atoms with Gasteiger partial charge in [-0.2, -0.15) is 0 Å². The molecule has 0 radical (unpaired) electrons. The van der Waals surface area contributed by atoms with E-state index in [9.17, 15) is 66.4 Å². The zero-order chi connectivity index (χ0) is 53.1. The summed E-state index contributed by atoms with van der Waals surface area (Å²) in [6.07, 6.45) is -21.2. The average Bonchev–Trinajstić information content (AvgIpc) is 3.33. The van der Waals surface area contributed by atoms with Gasteiger partial charge < -0.3 is 104 Å². The maximum atomic E-state index is 12.3. The molecule has 0 aromatic rings. The molecule has 0 aromatic carbocycles. The minimum Gasteiger partial charge on any atom is -0.396 e. The van der Waals surface area contributed by atoms with Gasteiger partial charge in [-0.15, -0.1) is 0 Å². The molecule has 0 bridgehead atoms. The highest BCUT2D eigenvalue weighted by Crippen LogP contribution is 2.76. The Balaban J connectivity index is 0.971. The first kappa shape index (κ1) is 56.6. The van der Waals surface area contributed by atoms with Crippen molar-refractivity contribution in [3.8, 4) is 0 Å². The van der Waals surface area contributed by atoms with Crippen LogP contribution in [0.25, 0.3) is 0 Å². The van der Waals surface area contributed by atoms with Gasteiger partial charge in [-0.3, -0.25) is 0 Å². The van der Waals surface area contributed by atoms with Crippen molar-refractivity contribution >= 4 is 0 Å². The second kappa shape index (κ2) is 20.5. The van der Waals surface area contributed by atoms with Crippen molar-refractivity contribution in [3.63, 3.8) is 0 Å². The quantitative estimate of drug-likeness (QED) is 0.0844. The molecule has 13 N–H and O–H groups in total. The van der Waals surface area contributed by atoms with E-state index in [4.69, 9.17) is 37.9 Å². The topological polar surface area (TPSA) is 337 Å². The molecule has 4 saturated carbocycles. The predicted molar refractivity (Wildman–Crippen MR) is 252 cm³/mol. The minimum absolute atomic E-state index is 0.0340. The van der Waals surface area contributed by atoms with Crippen LogP contribution in [0.15, 0.2) is 11.6 Å². The molecular formula is C52H86O21. The standard InChI is InChI=1S/C52H86O21/c1-47(2)14-15-52(22-55)24(16-47)23-8-9-30-49(5)12-11-32(48(3,4)29(49)10-13-50(30,6)51(23,7)17-31(52)57)71-45-41(73-44-40(65)37(62)34(59)26(18-53)68-44)36(61)28(21-67-45)70-46-42(38(63)35(60)27(19-54)69-46)72-43-39(64)33(58)25(56)20-66-43/h8,24-46,53-65H,9-22H2,1-7H3. The van der Waals surface area contributed by atoms with Crippen LogP contribution in [0.3, 0.4) is 0 Å². The first-order valence-corrected chi connectivity index (χ1v) is 26.7. The van der Waals surface area contributed by atoms with Crippen molar-refractivity contribution in [3.05, 3.63) is 11.6 Å². The van der Waals surface area contributed by atoms with Gasteiger partial charge in [-0.25, -0.2) is 0 Å². The fourth-order valence-corrected chi connectivity index (χ4v) is 16.1. The summed E-state index contributed by atoms with van der Waals surface area (Å²) in [5.41, 5.74) is -0.167. The summed E-state index contributed by atoms with van der Waals surface area (Å²) < 4.78 is 48.7. The molecular weight excluding hydrogens is 961 g/mol. The Morgan fingerprint density at radius 2 is 1.18 bits per heavy atom. The molecule has 9 rings (SSSR count). The second-order valence-corrected chi connectivity index (χ2v) is 25.5. The molecule has 5 aliphatic carbocycles. The molecule has 9 aliphatic rings. The Kier molecular flexibility index (Phi) is 15.9. The number of hydrogen-bond acceptors (Lipinski definition) is 21. The van der Waals surface area contributed by atoms with Gasteiger partial charge in [0.1, 0.15) is 85.5 Å². The van der Waals surface area contributed by atoms with E-state index in [1.165, 1.54) is 5.57 Å². The smallest absolute Gasteiger partial charge is 0.187 e. The van der Waals surface area contributed by atoms with Crippen molar-refractivity contribution < 1.29 is 104 Å². The molecule has 8 fully saturated rings. The number of aliphatic hydroxyl groups excluding tert-OH is 13. The molecule has 21 nitrogen and oxygen atoms in total. The minimum atomic E-state index is -1.88. The van der Waals surface area contributed by atoms with Crippen LogP contribution in [-0.4, -0.2) is 222 Å².